The summed E-state index contributed by atoms with van der Waals surface area (Å²) in [5.74, 6) is 0.606. The summed E-state index contributed by atoms with van der Waals surface area (Å²) in [7, 11) is 0. The van der Waals surface area contributed by atoms with Gasteiger partial charge < -0.3 is 10.1 Å². The number of carbonyl (C=O) groups is 1. The summed E-state index contributed by atoms with van der Waals surface area (Å²) in [6.45, 7) is 4.50. The van der Waals surface area contributed by atoms with Crippen molar-refractivity contribution in [1.82, 2.24) is 0 Å². The summed E-state index contributed by atoms with van der Waals surface area (Å²) in [5.41, 5.74) is 1.64. The number of rotatable bonds is 5. The molecule has 104 valence electrons. The summed E-state index contributed by atoms with van der Waals surface area (Å²) in [6.07, 6.45) is 5.04. The highest BCUT2D eigenvalue weighted by Crippen LogP contribution is 2.30. The van der Waals surface area contributed by atoms with E-state index in [1.54, 1.807) is 6.07 Å². The molecular formula is C16H23NO2. The van der Waals surface area contributed by atoms with Crippen LogP contribution >= 0.6 is 0 Å². The minimum atomic E-state index is -0.246. The minimum absolute atomic E-state index is 0.246. The Hall–Kier alpha value is -1.51. The van der Waals surface area contributed by atoms with Crippen LogP contribution in [0, 0.1) is 5.92 Å². The van der Waals surface area contributed by atoms with Gasteiger partial charge in [-0.25, -0.2) is 4.79 Å². The topological polar surface area (TPSA) is 38.3 Å². The molecule has 1 aromatic rings. The van der Waals surface area contributed by atoms with Crippen LogP contribution in [0.5, 0.6) is 0 Å². The first-order valence-electron chi connectivity index (χ1n) is 7.26. The predicted octanol–water partition coefficient (Wildman–Crippen LogP) is 3.85. The molecule has 0 saturated heterocycles. The SMILES string of the molecule is CCOC(=O)c1cccc(NC2CCC(CC)C2)c1. The van der Waals surface area contributed by atoms with Crippen LogP contribution in [0.4, 0.5) is 5.69 Å². The van der Waals surface area contributed by atoms with Gasteiger partial charge in [-0.3, -0.25) is 0 Å². The van der Waals surface area contributed by atoms with Crippen molar-refractivity contribution < 1.29 is 9.53 Å². The van der Waals surface area contributed by atoms with E-state index in [4.69, 9.17) is 4.74 Å². The maximum absolute atomic E-state index is 11.7. The van der Waals surface area contributed by atoms with E-state index in [1.807, 2.05) is 25.1 Å². The lowest BCUT2D eigenvalue weighted by atomic mass is 10.1. The molecular weight excluding hydrogens is 238 g/mol. The van der Waals surface area contributed by atoms with Crippen molar-refractivity contribution in [3.05, 3.63) is 29.8 Å². The quantitative estimate of drug-likeness (QED) is 0.818. The van der Waals surface area contributed by atoms with Crippen LogP contribution in [0.2, 0.25) is 0 Å². The number of nitrogens with one attached hydrogen (secondary N) is 1. The molecule has 1 fully saturated rings. The number of benzene rings is 1. The van der Waals surface area contributed by atoms with Crippen LogP contribution in [0.1, 0.15) is 49.9 Å². The Morgan fingerprint density at radius 2 is 2.21 bits per heavy atom. The molecule has 1 aromatic carbocycles. The zero-order chi connectivity index (χ0) is 13.7. The molecule has 3 nitrogen and oxygen atoms in total. The summed E-state index contributed by atoms with van der Waals surface area (Å²) >= 11 is 0. The zero-order valence-corrected chi connectivity index (χ0v) is 11.8. The lowest BCUT2D eigenvalue weighted by Crippen LogP contribution is -2.16. The largest absolute Gasteiger partial charge is 0.462 e. The van der Waals surface area contributed by atoms with Crippen molar-refractivity contribution >= 4 is 11.7 Å². The Labute approximate surface area is 115 Å². The fourth-order valence-electron chi connectivity index (χ4n) is 2.76. The van der Waals surface area contributed by atoms with Crippen LogP contribution in [-0.2, 0) is 4.74 Å². The third kappa shape index (κ3) is 3.72. The fraction of sp³-hybridized carbons (Fsp3) is 0.562. The van der Waals surface area contributed by atoms with E-state index in [0.29, 0.717) is 18.2 Å². The van der Waals surface area contributed by atoms with E-state index in [9.17, 15) is 4.79 Å². The van der Waals surface area contributed by atoms with E-state index in [0.717, 1.165) is 11.6 Å². The second-order valence-electron chi connectivity index (χ2n) is 5.23. The lowest BCUT2D eigenvalue weighted by Gasteiger charge is -2.15. The average Bonchev–Trinajstić information content (AvgIpc) is 2.87. The summed E-state index contributed by atoms with van der Waals surface area (Å²) in [5, 5.41) is 3.53. The molecule has 0 aromatic heterocycles. The normalized spacial score (nSPS) is 22.2. The molecule has 2 rings (SSSR count). The molecule has 0 bridgehead atoms. The Balaban J connectivity index is 1.97. The standard InChI is InChI=1S/C16H23NO2/c1-3-12-8-9-15(10-12)17-14-7-5-6-13(11-14)16(18)19-4-2/h5-7,11-12,15,17H,3-4,8-10H2,1-2H3. The molecule has 0 spiro atoms. The van der Waals surface area contributed by atoms with Crippen molar-refractivity contribution in [2.45, 2.75) is 45.6 Å². The molecule has 0 heterocycles. The van der Waals surface area contributed by atoms with Crippen LogP contribution in [0.3, 0.4) is 0 Å². The van der Waals surface area contributed by atoms with E-state index in [-0.39, 0.29) is 5.97 Å². The highest BCUT2D eigenvalue weighted by Gasteiger charge is 2.23. The van der Waals surface area contributed by atoms with Crippen LogP contribution in [-0.4, -0.2) is 18.6 Å². The molecule has 3 heteroatoms. The molecule has 1 aliphatic rings. The van der Waals surface area contributed by atoms with E-state index in [1.165, 1.54) is 25.7 Å². The number of hydrogen-bond donors (Lipinski definition) is 1. The number of esters is 1. The number of carbonyl (C=O) groups excluding carboxylic acids is 1. The first kappa shape index (κ1) is 13.9. The van der Waals surface area contributed by atoms with Gasteiger partial charge in [0.2, 0.25) is 0 Å². The van der Waals surface area contributed by atoms with E-state index < -0.39 is 0 Å². The monoisotopic (exact) mass is 261 g/mol. The average molecular weight is 261 g/mol. The van der Waals surface area contributed by atoms with Gasteiger partial charge in [0.15, 0.2) is 0 Å². The summed E-state index contributed by atoms with van der Waals surface area (Å²) < 4.78 is 5.02. The maximum atomic E-state index is 11.7. The second kappa shape index (κ2) is 6.60. The van der Waals surface area contributed by atoms with Gasteiger partial charge in [0.05, 0.1) is 12.2 Å². The smallest absolute Gasteiger partial charge is 0.338 e. The van der Waals surface area contributed by atoms with Crippen molar-refractivity contribution in [3.63, 3.8) is 0 Å². The summed E-state index contributed by atoms with van der Waals surface area (Å²) in [6, 6.07) is 8.15. The van der Waals surface area contributed by atoms with Gasteiger partial charge in [0.25, 0.3) is 0 Å². The van der Waals surface area contributed by atoms with Crippen molar-refractivity contribution in [1.29, 1.82) is 0 Å². The Kier molecular flexibility index (Phi) is 4.83. The number of anilines is 1. The van der Waals surface area contributed by atoms with Gasteiger partial charge in [-0.1, -0.05) is 19.4 Å². The third-order valence-corrected chi connectivity index (χ3v) is 3.86. The van der Waals surface area contributed by atoms with Crippen LogP contribution < -0.4 is 5.32 Å². The zero-order valence-electron chi connectivity index (χ0n) is 11.8. The molecule has 0 radical (unpaired) electrons. The molecule has 2 atom stereocenters. The third-order valence-electron chi connectivity index (χ3n) is 3.86. The van der Waals surface area contributed by atoms with Crippen molar-refractivity contribution in [2.24, 2.45) is 5.92 Å². The van der Waals surface area contributed by atoms with Gasteiger partial charge in [-0.15, -0.1) is 0 Å². The highest BCUT2D eigenvalue weighted by molar-refractivity contribution is 5.90. The lowest BCUT2D eigenvalue weighted by molar-refractivity contribution is 0.0526. The Morgan fingerprint density at radius 3 is 2.89 bits per heavy atom. The van der Waals surface area contributed by atoms with Gasteiger partial charge in [-0.05, 0) is 50.3 Å². The minimum Gasteiger partial charge on any atom is -0.462 e. The number of hydrogen-bond acceptors (Lipinski definition) is 3. The Morgan fingerprint density at radius 1 is 1.37 bits per heavy atom. The molecule has 0 amide bonds. The van der Waals surface area contributed by atoms with E-state index in [2.05, 4.69) is 12.2 Å². The highest BCUT2D eigenvalue weighted by atomic mass is 16.5. The predicted molar refractivity (Wildman–Crippen MR) is 77.4 cm³/mol. The van der Waals surface area contributed by atoms with Gasteiger partial charge in [0.1, 0.15) is 0 Å². The van der Waals surface area contributed by atoms with Crippen LogP contribution in [0.25, 0.3) is 0 Å². The molecule has 0 aliphatic heterocycles. The van der Waals surface area contributed by atoms with Gasteiger partial charge in [-0.2, -0.15) is 0 Å². The molecule has 1 aliphatic carbocycles. The summed E-state index contributed by atoms with van der Waals surface area (Å²) in [4.78, 5) is 11.7. The molecule has 1 saturated carbocycles. The first-order chi connectivity index (χ1) is 9.22. The van der Waals surface area contributed by atoms with Crippen molar-refractivity contribution in [3.8, 4) is 0 Å². The van der Waals surface area contributed by atoms with Gasteiger partial charge >= 0.3 is 5.97 Å². The molecule has 1 N–H and O–H groups in total. The van der Waals surface area contributed by atoms with Crippen LogP contribution in [0.15, 0.2) is 24.3 Å². The Bertz CT molecular complexity index is 431. The first-order valence-corrected chi connectivity index (χ1v) is 7.26. The maximum Gasteiger partial charge on any atom is 0.338 e. The van der Waals surface area contributed by atoms with Crippen molar-refractivity contribution in [2.75, 3.05) is 11.9 Å². The fourth-order valence-corrected chi connectivity index (χ4v) is 2.76. The number of ether oxygens (including phenoxy) is 1. The molecule has 2 unspecified atom stereocenters. The molecule has 19 heavy (non-hydrogen) atoms. The second-order valence-corrected chi connectivity index (χ2v) is 5.23. The van der Waals surface area contributed by atoms with Gasteiger partial charge in [0, 0.05) is 11.7 Å². The van der Waals surface area contributed by atoms with E-state index >= 15 is 0 Å².